The average molecular weight is 542 g/mol. The van der Waals surface area contributed by atoms with Crippen LogP contribution in [0.3, 0.4) is 0 Å². The summed E-state index contributed by atoms with van der Waals surface area (Å²) >= 11 is 3.22. The minimum atomic E-state index is -0.387. The van der Waals surface area contributed by atoms with E-state index in [-0.39, 0.29) is 36.6 Å². The number of fused-ring (bicyclic) bond motifs is 1. The second-order valence-corrected chi connectivity index (χ2v) is 10.2. The van der Waals surface area contributed by atoms with Crippen LogP contribution in [-0.4, -0.2) is 69.8 Å². The number of hydrogen-bond donors (Lipinski definition) is 1. The van der Waals surface area contributed by atoms with Gasteiger partial charge in [0, 0.05) is 49.3 Å². The van der Waals surface area contributed by atoms with Gasteiger partial charge in [-0.1, -0.05) is 6.07 Å². The SMILES string of the molecule is CC1=CC(=O)N(Nc2nc(-c3cccs3)nc3sc(CN4CCN(C)CC4)c(C)c23)C1=O.Cl.Cl. The van der Waals surface area contributed by atoms with Crippen LogP contribution in [0.5, 0.6) is 0 Å². The van der Waals surface area contributed by atoms with Crippen molar-refractivity contribution in [3.8, 4) is 10.7 Å². The van der Waals surface area contributed by atoms with Crippen LogP contribution in [-0.2, 0) is 16.1 Å². The van der Waals surface area contributed by atoms with Gasteiger partial charge in [0.25, 0.3) is 11.8 Å². The van der Waals surface area contributed by atoms with Crippen molar-refractivity contribution in [3.05, 3.63) is 39.6 Å². The van der Waals surface area contributed by atoms with E-state index in [1.807, 2.05) is 17.5 Å². The molecule has 5 rings (SSSR count). The Bertz CT molecular complexity index is 1240. The van der Waals surface area contributed by atoms with Gasteiger partial charge in [0.1, 0.15) is 4.83 Å². The van der Waals surface area contributed by atoms with Crippen LogP contribution in [0, 0.1) is 6.92 Å². The van der Waals surface area contributed by atoms with Gasteiger partial charge in [-0.2, -0.15) is 5.01 Å². The lowest BCUT2D eigenvalue weighted by molar-refractivity contribution is -0.135. The summed E-state index contributed by atoms with van der Waals surface area (Å²) in [6.07, 6.45) is 1.34. The molecule has 34 heavy (non-hydrogen) atoms. The number of amides is 2. The number of likely N-dealkylation sites (N-methyl/N-ethyl adjacent to an activating group) is 1. The summed E-state index contributed by atoms with van der Waals surface area (Å²) in [5.41, 5.74) is 4.50. The van der Waals surface area contributed by atoms with Crippen molar-refractivity contribution < 1.29 is 9.59 Å². The normalized spacial score (nSPS) is 17.0. The van der Waals surface area contributed by atoms with Crippen LogP contribution in [0.15, 0.2) is 29.2 Å². The lowest BCUT2D eigenvalue weighted by Crippen LogP contribution is -2.43. The van der Waals surface area contributed by atoms with Gasteiger partial charge in [0.2, 0.25) is 0 Å². The maximum absolute atomic E-state index is 12.5. The van der Waals surface area contributed by atoms with E-state index in [0.717, 1.165) is 58.4 Å². The fourth-order valence-electron chi connectivity index (χ4n) is 3.94. The Hall–Kier alpha value is -2.08. The first-order valence-electron chi connectivity index (χ1n) is 10.5. The highest BCUT2D eigenvalue weighted by atomic mass is 35.5. The lowest BCUT2D eigenvalue weighted by Gasteiger charge is -2.32. The van der Waals surface area contributed by atoms with Crippen molar-refractivity contribution in [1.82, 2.24) is 24.8 Å². The van der Waals surface area contributed by atoms with Crippen molar-refractivity contribution in [2.24, 2.45) is 0 Å². The van der Waals surface area contributed by atoms with Gasteiger partial charge in [-0.15, -0.1) is 47.5 Å². The standard InChI is InChI=1S/C22H24N6O2S2.2ClH/c1-13-11-17(29)28(22(13)30)25-20-18-14(2)16(12-27-8-6-26(3)7-9-27)32-21(18)24-19(23-20)15-5-4-10-31-15;;/h4-5,10-11H,6-9,12H2,1-3H3,(H,23,24,25);2*1H. The summed E-state index contributed by atoms with van der Waals surface area (Å²) in [7, 11) is 2.15. The molecule has 3 aromatic rings. The molecule has 0 aromatic carbocycles. The molecule has 0 saturated carbocycles. The minimum absolute atomic E-state index is 0. The van der Waals surface area contributed by atoms with Crippen LogP contribution >= 0.6 is 47.5 Å². The zero-order chi connectivity index (χ0) is 22.4. The highest BCUT2D eigenvalue weighted by Gasteiger charge is 2.30. The van der Waals surface area contributed by atoms with Crippen LogP contribution in [0.1, 0.15) is 17.4 Å². The Labute approximate surface area is 218 Å². The van der Waals surface area contributed by atoms with E-state index >= 15 is 0 Å². The second kappa shape index (κ2) is 10.7. The molecule has 0 bridgehead atoms. The summed E-state index contributed by atoms with van der Waals surface area (Å²) in [5.74, 6) is 0.334. The molecule has 1 N–H and O–H groups in total. The third-order valence-electron chi connectivity index (χ3n) is 5.91. The van der Waals surface area contributed by atoms with Gasteiger partial charge in [0.05, 0.1) is 10.3 Å². The number of carbonyl (C=O) groups is 2. The number of halogens is 2. The molecule has 0 radical (unpaired) electrons. The monoisotopic (exact) mass is 540 g/mol. The van der Waals surface area contributed by atoms with Crippen molar-refractivity contribution in [2.75, 3.05) is 38.7 Å². The molecule has 1 fully saturated rings. The number of aryl methyl sites for hydroxylation is 1. The number of hydrogen-bond acceptors (Lipinski definition) is 9. The van der Waals surface area contributed by atoms with Crippen LogP contribution in [0.2, 0.25) is 0 Å². The number of nitrogens with zero attached hydrogens (tertiary/aromatic N) is 5. The molecule has 12 heteroatoms. The van der Waals surface area contributed by atoms with Gasteiger partial charge in [-0.3, -0.25) is 19.9 Å². The highest BCUT2D eigenvalue weighted by Crippen LogP contribution is 2.37. The number of carbonyl (C=O) groups excluding carboxylic acids is 2. The summed E-state index contributed by atoms with van der Waals surface area (Å²) in [4.78, 5) is 42.2. The number of nitrogens with one attached hydrogen (secondary N) is 1. The van der Waals surface area contributed by atoms with Gasteiger partial charge in [-0.05, 0) is 37.9 Å². The average Bonchev–Trinajstić information content (AvgIpc) is 3.46. The quantitative estimate of drug-likeness (QED) is 0.490. The Balaban J connectivity index is 0.00000162. The molecule has 2 aliphatic heterocycles. The van der Waals surface area contributed by atoms with Crippen molar-refractivity contribution in [1.29, 1.82) is 0 Å². The molecule has 2 amide bonds. The molecule has 0 aliphatic carbocycles. The third kappa shape index (κ3) is 4.98. The summed E-state index contributed by atoms with van der Waals surface area (Å²) in [5, 5.41) is 3.88. The first-order valence-corrected chi connectivity index (χ1v) is 12.2. The molecule has 0 atom stereocenters. The van der Waals surface area contributed by atoms with Crippen molar-refractivity contribution in [3.63, 3.8) is 0 Å². The van der Waals surface area contributed by atoms with Crippen LogP contribution in [0.4, 0.5) is 5.82 Å². The second-order valence-electron chi connectivity index (χ2n) is 8.20. The molecule has 3 aromatic heterocycles. The number of thiophene rings is 2. The summed E-state index contributed by atoms with van der Waals surface area (Å²) in [6, 6.07) is 3.93. The van der Waals surface area contributed by atoms with Crippen LogP contribution < -0.4 is 5.43 Å². The largest absolute Gasteiger partial charge is 0.304 e. The van der Waals surface area contributed by atoms with Gasteiger partial charge in [-0.25, -0.2) is 9.97 Å². The smallest absolute Gasteiger partial charge is 0.275 e. The Kier molecular flexibility index (Phi) is 8.33. The molecule has 182 valence electrons. The predicted molar refractivity (Wildman–Crippen MR) is 142 cm³/mol. The molecule has 5 heterocycles. The number of aromatic nitrogens is 2. The summed E-state index contributed by atoms with van der Waals surface area (Å²) < 4.78 is 0. The molecular weight excluding hydrogens is 515 g/mol. The number of piperazine rings is 1. The minimum Gasteiger partial charge on any atom is -0.304 e. The van der Waals surface area contributed by atoms with Crippen LogP contribution in [0.25, 0.3) is 20.9 Å². The van der Waals surface area contributed by atoms with Gasteiger partial charge < -0.3 is 4.90 Å². The maximum atomic E-state index is 12.5. The van der Waals surface area contributed by atoms with E-state index in [4.69, 9.17) is 9.97 Å². The predicted octanol–water partition coefficient (Wildman–Crippen LogP) is 3.96. The number of hydrazine groups is 1. The third-order valence-corrected chi connectivity index (χ3v) is 7.95. The van der Waals surface area contributed by atoms with E-state index in [0.29, 0.717) is 17.2 Å². The Morgan fingerprint density at radius 3 is 2.44 bits per heavy atom. The fraction of sp³-hybridized carbons (Fsp3) is 0.364. The van der Waals surface area contributed by atoms with E-state index in [2.05, 4.69) is 29.2 Å². The van der Waals surface area contributed by atoms with E-state index in [1.165, 1.54) is 11.0 Å². The van der Waals surface area contributed by atoms with Crippen molar-refractivity contribution >= 4 is 75.3 Å². The van der Waals surface area contributed by atoms with Gasteiger partial charge in [0.15, 0.2) is 11.6 Å². The Morgan fingerprint density at radius 1 is 1.09 bits per heavy atom. The fourth-order valence-corrected chi connectivity index (χ4v) is 5.82. The molecule has 0 spiro atoms. The first kappa shape index (κ1) is 26.5. The summed E-state index contributed by atoms with van der Waals surface area (Å²) in [6.45, 7) is 8.75. The molecule has 1 saturated heterocycles. The number of anilines is 1. The maximum Gasteiger partial charge on any atom is 0.275 e. The molecule has 0 unspecified atom stereocenters. The molecule has 2 aliphatic rings. The van der Waals surface area contributed by atoms with Crippen molar-refractivity contribution in [2.45, 2.75) is 20.4 Å². The number of rotatable bonds is 5. The highest BCUT2D eigenvalue weighted by molar-refractivity contribution is 7.19. The van der Waals surface area contributed by atoms with E-state index in [9.17, 15) is 9.59 Å². The lowest BCUT2D eigenvalue weighted by atomic mass is 10.2. The topological polar surface area (TPSA) is 81.7 Å². The first-order chi connectivity index (χ1) is 15.4. The van der Waals surface area contributed by atoms with Gasteiger partial charge >= 0.3 is 0 Å². The molecular formula is C22H26Cl2N6O2S2. The van der Waals surface area contributed by atoms with E-state index in [1.54, 1.807) is 29.6 Å². The molecule has 8 nitrogen and oxygen atoms in total. The Morgan fingerprint density at radius 2 is 1.82 bits per heavy atom. The zero-order valence-electron chi connectivity index (χ0n) is 19.0. The number of imide groups is 1. The van der Waals surface area contributed by atoms with E-state index < -0.39 is 0 Å². The zero-order valence-corrected chi connectivity index (χ0v) is 22.3.